The summed E-state index contributed by atoms with van der Waals surface area (Å²) in [6, 6.07) is 0.641. The highest BCUT2D eigenvalue weighted by Gasteiger charge is 2.32. The van der Waals surface area contributed by atoms with Crippen LogP contribution in [0.5, 0.6) is 0 Å². The molecule has 2 N–H and O–H groups in total. The summed E-state index contributed by atoms with van der Waals surface area (Å²) in [6.45, 7) is 9.86. The summed E-state index contributed by atoms with van der Waals surface area (Å²) in [7, 11) is 2.24. The largest absolute Gasteiger partial charge is 0.329 e. The lowest BCUT2D eigenvalue weighted by Gasteiger charge is -2.44. The van der Waals surface area contributed by atoms with E-state index in [-0.39, 0.29) is 5.54 Å². The SMILES string of the molecule is CCC(CSC)N(C)C(C)(CN)CC(C)C. The van der Waals surface area contributed by atoms with Crippen LogP contribution in [0.1, 0.15) is 40.5 Å². The summed E-state index contributed by atoms with van der Waals surface area (Å²) >= 11 is 1.93. The third-order valence-corrected chi connectivity index (χ3v) is 4.24. The van der Waals surface area contributed by atoms with Crippen molar-refractivity contribution >= 4 is 11.8 Å². The zero-order chi connectivity index (χ0) is 12.8. The molecule has 0 fully saturated rings. The second-order valence-corrected chi connectivity index (χ2v) is 6.34. The molecule has 2 nitrogen and oxygen atoms in total. The van der Waals surface area contributed by atoms with Crippen LogP contribution in [0.4, 0.5) is 0 Å². The average molecular weight is 246 g/mol. The molecular weight excluding hydrogens is 216 g/mol. The Morgan fingerprint density at radius 1 is 1.38 bits per heavy atom. The Morgan fingerprint density at radius 3 is 2.25 bits per heavy atom. The fraction of sp³-hybridized carbons (Fsp3) is 1.00. The second kappa shape index (κ2) is 7.57. The number of hydrogen-bond acceptors (Lipinski definition) is 3. The molecule has 0 rings (SSSR count). The first kappa shape index (κ1) is 16.3. The quantitative estimate of drug-likeness (QED) is 0.714. The molecule has 0 aromatic rings. The van der Waals surface area contributed by atoms with Crippen LogP contribution in [0.3, 0.4) is 0 Å². The summed E-state index contributed by atoms with van der Waals surface area (Å²) < 4.78 is 0. The lowest BCUT2D eigenvalue weighted by Crippen LogP contribution is -2.55. The fourth-order valence-corrected chi connectivity index (χ4v) is 3.23. The van der Waals surface area contributed by atoms with Gasteiger partial charge in [-0.2, -0.15) is 11.8 Å². The van der Waals surface area contributed by atoms with Crippen LogP contribution in [0.2, 0.25) is 0 Å². The van der Waals surface area contributed by atoms with Gasteiger partial charge in [0.15, 0.2) is 0 Å². The van der Waals surface area contributed by atoms with Crippen molar-refractivity contribution in [2.75, 3.05) is 25.6 Å². The van der Waals surface area contributed by atoms with Crippen molar-refractivity contribution in [2.24, 2.45) is 11.7 Å². The molecule has 0 saturated heterocycles. The molecule has 0 aliphatic carbocycles. The fourth-order valence-electron chi connectivity index (χ4n) is 2.39. The highest BCUT2D eigenvalue weighted by atomic mass is 32.2. The highest BCUT2D eigenvalue weighted by Crippen LogP contribution is 2.25. The van der Waals surface area contributed by atoms with Crippen LogP contribution in [0.15, 0.2) is 0 Å². The van der Waals surface area contributed by atoms with Gasteiger partial charge in [-0.1, -0.05) is 20.8 Å². The van der Waals surface area contributed by atoms with Gasteiger partial charge in [-0.25, -0.2) is 0 Å². The molecular formula is C13H30N2S. The normalized spacial score (nSPS) is 17.8. The third kappa shape index (κ3) is 4.64. The number of nitrogens with zero attached hydrogens (tertiary/aromatic N) is 1. The molecule has 3 heteroatoms. The predicted molar refractivity (Wildman–Crippen MR) is 77.1 cm³/mol. The van der Waals surface area contributed by atoms with Crippen molar-refractivity contribution in [1.29, 1.82) is 0 Å². The first-order chi connectivity index (χ1) is 7.41. The number of likely N-dealkylation sites (N-methyl/N-ethyl adjacent to an activating group) is 1. The van der Waals surface area contributed by atoms with Gasteiger partial charge in [-0.3, -0.25) is 4.90 Å². The molecule has 0 aromatic carbocycles. The Labute approximate surface area is 106 Å². The number of hydrogen-bond donors (Lipinski definition) is 1. The molecule has 0 aliphatic heterocycles. The minimum atomic E-state index is 0.143. The van der Waals surface area contributed by atoms with Crippen molar-refractivity contribution in [1.82, 2.24) is 4.90 Å². The molecule has 2 unspecified atom stereocenters. The number of nitrogens with two attached hydrogens (primary N) is 1. The van der Waals surface area contributed by atoms with E-state index in [9.17, 15) is 0 Å². The average Bonchev–Trinajstić information content (AvgIpc) is 2.23. The number of rotatable bonds is 8. The van der Waals surface area contributed by atoms with E-state index in [0.717, 1.165) is 6.54 Å². The van der Waals surface area contributed by atoms with E-state index in [0.29, 0.717) is 12.0 Å². The summed E-state index contributed by atoms with van der Waals surface area (Å²) in [6.07, 6.45) is 4.55. The number of thioether (sulfide) groups is 1. The Bertz CT molecular complexity index is 185. The summed E-state index contributed by atoms with van der Waals surface area (Å²) in [5.41, 5.74) is 6.14. The molecule has 0 aromatic heterocycles. The Hall–Kier alpha value is 0.270. The second-order valence-electron chi connectivity index (χ2n) is 5.43. The van der Waals surface area contributed by atoms with E-state index < -0.39 is 0 Å². The maximum absolute atomic E-state index is 6.00. The van der Waals surface area contributed by atoms with Crippen LogP contribution < -0.4 is 5.73 Å². The monoisotopic (exact) mass is 246 g/mol. The van der Waals surface area contributed by atoms with E-state index in [4.69, 9.17) is 5.73 Å². The van der Waals surface area contributed by atoms with Crippen molar-refractivity contribution < 1.29 is 0 Å². The zero-order valence-electron chi connectivity index (χ0n) is 11.9. The van der Waals surface area contributed by atoms with Crippen LogP contribution in [0, 0.1) is 5.92 Å². The maximum atomic E-state index is 6.00. The topological polar surface area (TPSA) is 29.3 Å². The molecule has 0 heterocycles. The van der Waals surface area contributed by atoms with Gasteiger partial charge in [0.1, 0.15) is 0 Å². The molecule has 0 amide bonds. The van der Waals surface area contributed by atoms with Crippen LogP contribution in [0.25, 0.3) is 0 Å². The lowest BCUT2D eigenvalue weighted by molar-refractivity contribution is 0.0805. The van der Waals surface area contributed by atoms with Crippen molar-refractivity contribution in [3.05, 3.63) is 0 Å². The van der Waals surface area contributed by atoms with Gasteiger partial charge in [-0.05, 0) is 39.0 Å². The van der Waals surface area contributed by atoms with Gasteiger partial charge < -0.3 is 5.73 Å². The summed E-state index contributed by atoms with van der Waals surface area (Å²) in [5, 5.41) is 0. The molecule has 0 saturated carbocycles. The Balaban J connectivity index is 4.64. The van der Waals surface area contributed by atoms with Gasteiger partial charge in [0.05, 0.1) is 0 Å². The predicted octanol–water partition coefficient (Wildman–Crippen LogP) is 2.82. The zero-order valence-corrected chi connectivity index (χ0v) is 12.7. The lowest BCUT2D eigenvalue weighted by atomic mass is 9.88. The van der Waals surface area contributed by atoms with Crippen LogP contribution >= 0.6 is 11.8 Å². The molecule has 0 spiro atoms. The summed E-state index contributed by atoms with van der Waals surface area (Å²) in [4.78, 5) is 2.50. The molecule has 98 valence electrons. The van der Waals surface area contributed by atoms with Gasteiger partial charge in [0.2, 0.25) is 0 Å². The smallest absolute Gasteiger partial charge is 0.0306 e. The maximum Gasteiger partial charge on any atom is 0.0306 e. The van der Waals surface area contributed by atoms with E-state index in [1.807, 2.05) is 11.8 Å². The van der Waals surface area contributed by atoms with Gasteiger partial charge in [0.25, 0.3) is 0 Å². The Morgan fingerprint density at radius 2 is 1.94 bits per heavy atom. The van der Waals surface area contributed by atoms with Gasteiger partial charge in [-0.15, -0.1) is 0 Å². The van der Waals surface area contributed by atoms with Crippen molar-refractivity contribution in [3.63, 3.8) is 0 Å². The van der Waals surface area contributed by atoms with Crippen molar-refractivity contribution in [2.45, 2.75) is 52.1 Å². The highest BCUT2D eigenvalue weighted by molar-refractivity contribution is 7.98. The first-order valence-corrected chi connectivity index (χ1v) is 7.72. The molecule has 0 bridgehead atoms. The van der Waals surface area contributed by atoms with Crippen molar-refractivity contribution in [3.8, 4) is 0 Å². The minimum Gasteiger partial charge on any atom is -0.329 e. The first-order valence-electron chi connectivity index (χ1n) is 6.33. The van der Waals surface area contributed by atoms with Gasteiger partial charge in [0, 0.05) is 23.9 Å². The summed E-state index contributed by atoms with van der Waals surface area (Å²) in [5.74, 6) is 1.89. The van der Waals surface area contributed by atoms with E-state index in [2.05, 4.69) is 45.9 Å². The van der Waals surface area contributed by atoms with Crippen LogP contribution in [-0.4, -0.2) is 42.1 Å². The van der Waals surface area contributed by atoms with E-state index in [1.165, 1.54) is 18.6 Å². The van der Waals surface area contributed by atoms with Crippen LogP contribution in [-0.2, 0) is 0 Å². The molecule has 0 aliphatic rings. The molecule has 2 atom stereocenters. The Kier molecular flexibility index (Phi) is 7.70. The van der Waals surface area contributed by atoms with E-state index >= 15 is 0 Å². The molecule has 16 heavy (non-hydrogen) atoms. The molecule has 0 radical (unpaired) electrons. The third-order valence-electron chi connectivity index (χ3n) is 3.52. The van der Waals surface area contributed by atoms with Gasteiger partial charge >= 0.3 is 0 Å². The minimum absolute atomic E-state index is 0.143. The van der Waals surface area contributed by atoms with E-state index in [1.54, 1.807) is 0 Å². The standard InChI is InChI=1S/C13H30N2S/c1-7-12(9-16-6)15(5)13(4,10-14)8-11(2)3/h11-12H,7-10,14H2,1-6H3.